The van der Waals surface area contributed by atoms with Gasteiger partial charge in [0.15, 0.2) is 0 Å². The lowest BCUT2D eigenvalue weighted by molar-refractivity contribution is -0.388. The Labute approximate surface area is 104 Å². The van der Waals surface area contributed by atoms with Crippen molar-refractivity contribution in [3.05, 3.63) is 11.6 Å². The molecule has 0 aromatic heterocycles. The van der Waals surface area contributed by atoms with Crippen molar-refractivity contribution in [2.45, 2.75) is 23.9 Å². The van der Waals surface area contributed by atoms with Gasteiger partial charge in [0.1, 0.15) is 0 Å². The summed E-state index contributed by atoms with van der Waals surface area (Å²) in [6, 6.07) is 0. The zero-order chi connectivity index (χ0) is 16.6. The maximum Gasteiger partial charge on any atom is 0.460 e. The number of halogens is 9. The van der Waals surface area contributed by atoms with E-state index >= 15 is 0 Å². The van der Waals surface area contributed by atoms with Gasteiger partial charge in [-0.15, -0.1) is 0 Å². The van der Waals surface area contributed by atoms with Crippen LogP contribution in [0.25, 0.3) is 0 Å². The smallest absolute Gasteiger partial charge is 0.460 e. The molecule has 0 rings (SSSR count). The number of alkyl halides is 9. The highest BCUT2D eigenvalue weighted by atomic mass is 19.4. The number of aliphatic carboxylic acids is 1. The fraction of sp³-hybridized carbons (Fsp3) is 0.625. The Bertz CT molecular complexity index is 410. The molecule has 0 aliphatic rings. The summed E-state index contributed by atoms with van der Waals surface area (Å²) in [5.74, 6) is -22.6. The van der Waals surface area contributed by atoms with Crippen molar-refractivity contribution < 1.29 is 54.5 Å². The van der Waals surface area contributed by atoms with Gasteiger partial charge in [-0.25, -0.2) is 4.79 Å². The summed E-state index contributed by atoms with van der Waals surface area (Å²) in [6.07, 6.45) is -8.34. The Kier molecular flexibility index (Phi) is 4.77. The van der Waals surface area contributed by atoms with Gasteiger partial charge in [-0.05, 0) is 0 Å². The number of aliphatic hydroxyl groups excluding tert-OH is 1. The number of hydrogen-bond acceptors (Lipinski definition) is 2. The molecule has 0 saturated carbocycles. The highest BCUT2D eigenvalue weighted by molar-refractivity contribution is 5.87. The second kappa shape index (κ2) is 5.14. The molecule has 0 amide bonds. The summed E-state index contributed by atoms with van der Waals surface area (Å²) in [5, 5.41) is 16.4. The number of hydrogen-bond donors (Lipinski definition) is 2. The van der Waals surface area contributed by atoms with Crippen molar-refractivity contribution in [2.75, 3.05) is 6.61 Å². The van der Waals surface area contributed by atoms with Crippen molar-refractivity contribution >= 4 is 5.97 Å². The minimum Gasteiger partial charge on any atom is -0.478 e. The average Bonchev–Trinajstić information content (AvgIpc) is 2.23. The van der Waals surface area contributed by atoms with Gasteiger partial charge < -0.3 is 10.2 Å². The first kappa shape index (κ1) is 18.5. The van der Waals surface area contributed by atoms with Gasteiger partial charge in [-0.1, -0.05) is 0 Å². The molecule has 12 heteroatoms. The van der Waals surface area contributed by atoms with Crippen LogP contribution in [0.15, 0.2) is 11.6 Å². The van der Waals surface area contributed by atoms with Gasteiger partial charge in [0.2, 0.25) is 0 Å². The zero-order valence-electron chi connectivity index (χ0n) is 8.99. The second-order valence-electron chi connectivity index (χ2n) is 3.40. The number of carbonyl (C=O) groups is 1. The Morgan fingerprint density at radius 3 is 1.55 bits per heavy atom. The summed E-state index contributed by atoms with van der Waals surface area (Å²) in [5.41, 5.74) is -1.87. The van der Waals surface area contributed by atoms with Gasteiger partial charge in [-0.2, -0.15) is 39.5 Å². The van der Waals surface area contributed by atoms with E-state index in [1.807, 2.05) is 0 Å². The van der Waals surface area contributed by atoms with Crippen LogP contribution in [0.4, 0.5) is 39.5 Å². The number of rotatable bonds is 5. The molecule has 0 atom stereocenters. The third kappa shape index (κ3) is 2.99. The lowest BCUT2D eigenvalue weighted by Gasteiger charge is -2.32. The summed E-state index contributed by atoms with van der Waals surface area (Å²) in [6.45, 7) is -1.78. The van der Waals surface area contributed by atoms with Crippen LogP contribution in [0.2, 0.25) is 0 Å². The van der Waals surface area contributed by atoms with E-state index in [9.17, 15) is 44.3 Å². The van der Waals surface area contributed by atoms with E-state index in [0.717, 1.165) is 0 Å². The number of allylic oxidation sites excluding steroid dienone is 1. The van der Waals surface area contributed by atoms with Gasteiger partial charge >= 0.3 is 29.9 Å². The molecule has 0 spiro atoms. The first-order valence-electron chi connectivity index (χ1n) is 4.38. The highest BCUT2D eigenvalue weighted by Crippen LogP contribution is 2.53. The van der Waals surface area contributed by atoms with Gasteiger partial charge in [0.05, 0.1) is 12.2 Å². The molecule has 118 valence electrons. The van der Waals surface area contributed by atoms with Gasteiger partial charge in [0, 0.05) is 6.08 Å². The Hall–Kier alpha value is -1.46. The van der Waals surface area contributed by atoms with Gasteiger partial charge in [-0.3, -0.25) is 0 Å². The van der Waals surface area contributed by atoms with Crippen LogP contribution in [0.3, 0.4) is 0 Å². The number of aliphatic hydroxyl groups is 1. The third-order valence-corrected chi connectivity index (χ3v) is 1.97. The van der Waals surface area contributed by atoms with E-state index in [1.165, 1.54) is 0 Å². The van der Waals surface area contributed by atoms with Crippen LogP contribution >= 0.6 is 0 Å². The minimum absolute atomic E-state index is 1.35. The lowest BCUT2D eigenvalue weighted by atomic mass is 10.0. The van der Waals surface area contributed by atoms with E-state index in [1.54, 1.807) is 0 Å². The predicted octanol–water partition coefficient (Wildman–Crippen LogP) is 2.46. The SMILES string of the molecule is O=C(O)C(=CC(F)(F)C(F)(F)C(F)(F)C(F)(F)F)CO. The third-order valence-electron chi connectivity index (χ3n) is 1.97. The van der Waals surface area contributed by atoms with E-state index < -0.39 is 48.2 Å². The fourth-order valence-electron chi connectivity index (χ4n) is 0.872. The summed E-state index contributed by atoms with van der Waals surface area (Å²) < 4.78 is 111. The van der Waals surface area contributed by atoms with E-state index in [-0.39, 0.29) is 0 Å². The quantitative estimate of drug-likeness (QED) is 0.604. The molecule has 0 aliphatic carbocycles. The van der Waals surface area contributed by atoms with E-state index in [4.69, 9.17) is 10.2 Å². The van der Waals surface area contributed by atoms with Crippen LogP contribution in [0.1, 0.15) is 0 Å². The summed E-state index contributed by atoms with van der Waals surface area (Å²) in [7, 11) is 0. The minimum atomic E-state index is -7.11. The molecule has 0 unspecified atom stereocenters. The van der Waals surface area contributed by atoms with Crippen LogP contribution in [0, 0.1) is 0 Å². The molecule has 3 nitrogen and oxygen atoms in total. The van der Waals surface area contributed by atoms with Crippen LogP contribution in [0.5, 0.6) is 0 Å². The molecule has 0 bridgehead atoms. The Balaban J connectivity index is 5.87. The van der Waals surface area contributed by atoms with E-state index in [0.29, 0.717) is 0 Å². The van der Waals surface area contributed by atoms with Crippen LogP contribution in [-0.4, -0.2) is 46.7 Å². The highest BCUT2D eigenvalue weighted by Gasteiger charge is 2.81. The maximum atomic E-state index is 12.8. The monoisotopic (exact) mass is 320 g/mol. The van der Waals surface area contributed by atoms with E-state index in [2.05, 4.69) is 0 Å². The predicted molar refractivity (Wildman–Crippen MR) is 43.7 cm³/mol. The standard InChI is InChI=1S/C8H5F9O3/c9-5(10,1-3(2-18)4(19)20)6(11,12)7(13,14)8(15,16)17/h1,18H,2H2,(H,19,20). The first-order chi connectivity index (χ1) is 8.62. The molecular weight excluding hydrogens is 315 g/mol. The summed E-state index contributed by atoms with van der Waals surface area (Å²) in [4.78, 5) is 10.2. The topological polar surface area (TPSA) is 57.5 Å². The van der Waals surface area contributed by atoms with Crippen molar-refractivity contribution in [2.24, 2.45) is 0 Å². The largest absolute Gasteiger partial charge is 0.478 e. The molecule has 0 aromatic carbocycles. The molecule has 0 fully saturated rings. The molecule has 20 heavy (non-hydrogen) atoms. The fourth-order valence-corrected chi connectivity index (χ4v) is 0.872. The molecule has 0 heterocycles. The molecule has 0 radical (unpaired) electrons. The zero-order valence-corrected chi connectivity index (χ0v) is 8.99. The number of carboxylic acids is 1. The molecule has 0 aromatic rings. The Morgan fingerprint density at radius 2 is 1.30 bits per heavy atom. The second-order valence-corrected chi connectivity index (χ2v) is 3.40. The van der Waals surface area contributed by atoms with Crippen LogP contribution < -0.4 is 0 Å². The normalized spacial score (nSPS) is 15.4. The van der Waals surface area contributed by atoms with Gasteiger partial charge in [0.25, 0.3) is 0 Å². The van der Waals surface area contributed by atoms with Crippen molar-refractivity contribution in [3.8, 4) is 0 Å². The Morgan fingerprint density at radius 1 is 0.900 bits per heavy atom. The van der Waals surface area contributed by atoms with Crippen molar-refractivity contribution in [1.82, 2.24) is 0 Å². The molecule has 0 saturated heterocycles. The molecule has 2 N–H and O–H groups in total. The van der Waals surface area contributed by atoms with Crippen LogP contribution in [-0.2, 0) is 4.79 Å². The first-order valence-corrected chi connectivity index (χ1v) is 4.38. The summed E-state index contributed by atoms with van der Waals surface area (Å²) >= 11 is 0. The maximum absolute atomic E-state index is 12.8. The van der Waals surface area contributed by atoms with Crippen molar-refractivity contribution in [1.29, 1.82) is 0 Å². The molecule has 0 aliphatic heterocycles. The average molecular weight is 320 g/mol. The van der Waals surface area contributed by atoms with Crippen molar-refractivity contribution in [3.63, 3.8) is 0 Å². The number of carboxylic acid groups (broad SMARTS) is 1. The lowest BCUT2D eigenvalue weighted by Crippen LogP contribution is -2.60. The molecular formula is C8H5F9O3.